The third-order valence-electron chi connectivity index (χ3n) is 4.57. The fraction of sp³-hybridized carbons (Fsp3) is 0.250. The summed E-state index contributed by atoms with van der Waals surface area (Å²) in [7, 11) is -3.93. The summed E-state index contributed by atoms with van der Waals surface area (Å²) in [6.07, 6.45) is 1.63. The molecule has 0 radical (unpaired) electrons. The molecular weight excluding hydrogens is 397 g/mol. The molecule has 1 aromatic heterocycles. The summed E-state index contributed by atoms with van der Waals surface area (Å²) in [5.41, 5.74) is 1.37. The lowest BCUT2D eigenvalue weighted by Gasteiger charge is -2.26. The van der Waals surface area contributed by atoms with Crippen LogP contribution in [0.25, 0.3) is 11.3 Å². The zero-order valence-corrected chi connectivity index (χ0v) is 16.4. The first-order chi connectivity index (χ1) is 14.0. The molecule has 0 bridgehead atoms. The van der Waals surface area contributed by atoms with Crippen molar-refractivity contribution in [3.63, 3.8) is 0 Å². The summed E-state index contributed by atoms with van der Waals surface area (Å²) < 4.78 is 51.9. The average Bonchev–Trinajstić information content (AvgIpc) is 3.23. The molecule has 1 fully saturated rings. The van der Waals surface area contributed by atoms with E-state index in [4.69, 9.17) is 9.15 Å². The van der Waals surface area contributed by atoms with Crippen LogP contribution < -0.4 is 5.32 Å². The van der Waals surface area contributed by atoms with E-state index in [0.717, 1.165) is 11.6 Å². The Kier molecular flexibility index (Phi) is 5.61. The summed E-state index contributed by atoms with van der Waals surface area (Å²) in [5.74, 6) is 0.285. The molecule has 0 spiro atoms. The number of nitrogens with zero attached hydrogens (tertiary/aromatic N) is 2. The van der Waals surface area contributed by atoms with Gasteiger partial charge >= 0.3 is 0 Å². The number of oxazole rings is 1. The first kappa shape index (κ1) is 19.6. The molecule has 1 aliphatic rings. The second-order valence-corrected chi connectivity index (χ2v) is 8.41. The second-order valence-electron chi connectivity index (χ2n) is 6.50. The predicted molar refractivity (Wildman–Crippen MR) is 105 cm³/mol. The number of anilines is 1. The number of nitrogens with one attached hydrogen (secondary N) is 1. The van der Waals surface area contributed by atoms with Gasteiger partial charge in [0.25, 0.3) is 0 Å². The normalized spacial score (nSPS) is 15.3. The molecule has 1 N–H and O–H groups in total. The van der Waals surface area contributed by atoms with Gasteiger partial charge in [0.2, 0.25) is 15.9 Å². The lowest BCUT2D eigenvalue weighted by Crippen LogP contribution is -2.40. The van der Waals surface area contributed by atoms with E-state index in [1.807, 2.05) is 30.3 Å². The number of hydrogen-bond acceptors (Lipinski definition) is 6. The third-order valence-corrected chi connectivity index (χ3v) is 6.49. The first-order valence-corrected chi connectivity index (χ1v) is 10.6. The molecule has 4 rings (SSSR count). The molecule has 2 aromatic carbocycles. The number of morpholine rings is 1. The molecule has 0 amide bonds. The molecule has 7 nitrogen and oxygen atoms in total. The Bertz CT molecular complexity index is 1080. The van der Waals surface area contributed by atoms with Crippen molar-refractivity contribution in [1.29, 1.82) is 0 Å². The van der Waals surface area contributed by atoms with Gasteiger partial charge < -0.3 is 14.5 Å². The molecule has 9 heteroatoms. The highest BCUT2D eigenvalue weighted by Crippen LogP contribution is 2.25. The smallest absolute Gasteiger partial charge is 0.246 e. The monoisotopic (exact) mass is 417 g/mol. The molecule has 0 saturated carbocycles. The maximum atomic E-state index is 14.3. The zero-order chi connectivity index (χ0) is 20.3. The SMILES string of the molecule is O=S(=O)(c1cc(NCc2ncc(-c3ccccc3)o2)ccc1F)N1CCOCC1. The minimum absolute atomic E-state index is 0.206. The van der Waals surface area contributed by atoms with E-state index in [2.05, 4.69) is 10.3 Å². The zero-order valence-electron chi connectivity index (χ0n) is 15.5. The van der Waals surface area contributed by atoms with Crippen LogP contribution in [0, 0.1) is 5.82 Å². The van der Waals surface area contributed by atoms with E-state index >= 15 is 0 Å². The van der Waals surface area contributed by atoms with Crippen LogP contribution in [0.3, 0.4) is 0 Å². The van der Waals surface area contributed by atoms with Gasteiger partial charge in [0.15, 0.2) is 5.76 Å². The van der Waals surface area contributed by atoms with Crippen LogP contribution in [0.5, 0.6) is 0 Å². The van der Waals surface area contributed by atoms with Crippen molar-refractivity contribution in [2.75, 3.05) is 31.6 Å². The van der Waals surface area contributed by atoms with Crippen LogP contribution in [-0.4, -0.2) is 44.0 Å². The van der Waals surface area contributed by atoms with Crippen molar-refractivity contribution < 1.29 is 22.0 Å². The van der Waals surface area contributed by atoms with Gasteiger partial charge in [0, 0.05) is 24.3 Å². The summed E-state index contributed by atoms with van der Waals surface area (Å²) in [6.45, 7) is 1.24. The van der Waals surface area contributed by atoms with E-state index < -0.39 is 15.8 Å². The number of rotatable bonds is 6. The second kappa shape index (κ2) is 8.32. The van der Waals surface area contributed by atoms with Gasteiger partial charge in [0.05, 0.1) is 26.0 Å². The Hall–Kier alpha value is -2.75. The van der Waals surface area contributed by atoms with Gasteiger partial charge in [-0.15, -0.1) is 0 Å². The molecule has 152 valence electrons. The van der Waals surface area contributed by atoms with Crippen molar-refractivity contribution >= 4 is 15.7 Å². The number of ether oxygens (including phenoxy) is 1. The van der Waals surface area contributed by atoms with E-state index in [0.29, 0.717) is 30.6 Å². The largest absolute Gasteiger partial charge is 0.439 e. The van der Waals surface area contributed by atoms with Gasteiger partial charge in [-0.05, 0) is 18.2 Å². The molecule has 29 heavy (non-hydrogen) atoms. The Morgan fingerprint density at radius 2 is 1.86 bits per heavy atom. The Balaban J connectivity index is 1.49. The van der Waals surface area contributed by atoms with E-state index in [1.54, 1.807) is 6.20 Å². The van der Waals surface area contributed by atoms with E-state index in [9.17, 15) is 12.8 Å². The van der Waals surface area contributed by atoms with Crippen molar-refractivity contribution in [3.05, 3.63) is 66.4 Å². The van der Waals surface area contributed by atoms with Gasteiger partial charge in [0.1, 0.15) is 10.7 Å². The van der Waals surface area contributed by atoms with Crippen molar-refractivity contribution in [2.24, 2.45) is 0 Å². The summed E-state index contributed by atoms with van der Waals surface area (Å²) >= 11 is 0. The van der Waals surface area contributed by atoms with Crippen LogP contribution in [0.2, 0.25) is 0 Å². The number of sulfonamides is 1. The first-order valence-electron chi connectivity index (χ1n) is 9.15. The summed E-state index contributed by atoms with van der Waals surface area (Å²) in [4.78, 5) is 3.87. The van der Waals surface area contributed by atoms with Gasteiger partial charge in [-0.2, -0.15) is 4.31 Å². The van der Waals surface area contributed by atoms with Crippen LogP contribution in [0.4, 0.5) is 10.1 Å². The molecule has 0 aliphatic carbocycles. The highest BCUT2D eigenvalue weighted by Gasteiger charge is 2.29. The lowest BCUT2D eigenvalue weighted by molar-refractivity contribution is 0.0729. The molecule has 0 atom stereocenters. The van der Waals surface area contributed by atoms with Crippen LogP contribution in [-0.2, 0) is 21.3 Å². The molecule has 1 saturated heterocycles. The number of hydrogen-bond donors (Lipinski definition) is 1. The number of aromatic nitrogens is 1. The maximum Gasteiger partial charge on any atom is 0.246 e. The number of benzene rings is 2. The fourth-order valence-corrected chi connectivity index (χ4v) is 4.54. The molecule has 3 aromatic rings. The quantitative estimate of drug-likeness (QED) is 0.663. The summed E-state index contributed by atoms with van der Waals surface area (Å²) in [6, 6.07) is 13.5. The van der Waals surface area contributed by atoms with Crippen LogP contribution in [0.1, 0.15) is 5.89 Å². The third kappa shape index (κ3) is 4.31. The molecule has 0 unspecified atom stereocenters. The van der Waals surface area contributed by atoms with Crippen molar-refractivity contribution in [1.82, 2.24) is 9.29 Å². The minimum Gasteiger partial charge on any atom is -0.439 e. The van der Waals surface area contributed by atoms with Crippen LogP contribution in [0.15, 0.2) is 64.0 Å². The van der Waals surface area contributed by atoms with Gasteiger partial charge in [-0.3, -0.25) is 0 Å². The van der Waals surface area contributed by atoms with Crippen LogP contribution >= 0.6 is 0 Å². The molecular formula is C20H20FN3O4S. The minimum atomic E-state index is -3.93. The standard InChI is InChI=1S/C20H20FN3O4S/c21-17-7-6-16(12-19(17)29(25,26)24-8-10-27-11-9-24)22-14-20-23-13-18(28-20)15-4-2-1-3-5-15/h1-7,12-13,22H,8-11,14H2. The maximum absolute atomic E-state index is 14.3. The highest BCUT2D eigenvalue weighted by atomic mass is 32.2. The topological polar surface area (TPSA) is 84.7 Å². The Morgan fingerprint density at radius 1 is 1.10 bits per heavy atom. The predicted octanol–water partition coefficient (Wildman–Crippen LogP) is 3.11. The average molecular weight is 417 g/mol. The lowest BCUT2D eigenvalue weighted by atomic mass is 10.2. The Labute approximate surface area is 168 Å². The van der Waals surface area contributed by atoms with E-state index in [1.165, 1.54) is 16.4 Å². The van der Waals surface area contributed by atoms with Gasteiger partial charge in [-0.1, -0.05) is 30.3 Å². The summed E-state index contributed by atoms with van der Waals surface area (Å²) in [5, 5.41) is 3.04. The fourth-order valence-electron chi connectivity index (χ4n) is 3.04. The highest BCUT2D eigenvalue weighted by molar-refractivity contribution is 7.89. The molecule has 2 heterocycles. The molecule has 1 aliphatic heterocycles. The van der Waals surface area contributed by atoms with Crippen molar-refractivity contribution in [3.8, 4) is 11.3 Å². The number of halogens is 1. The van der Waals surface area contributed by atoms with E-state index in [-0.39, 0.29) is 24.5 Å². The van der Waals surface area contributed by atoms with Gasteiger partial charge in [-0.25, -0.2) is 17.8 Å². The van der Waals surface area contributed by atoms with Crippen molar-refractivity contribution in [2.45, 2.75) is 11.4 Å². The Morgan fingerprint density at radius 3 is 2.62 bits per heavy atom.